The van der Waals surface area contributed by atoms with Crippen LogP contribution in [0.15, 0.2) is 0 Å². The molecule has 2 fully saturated rings. The monoisotopic (exact) mass is 254 g/mol. The average Bonchev–Trinajstić information content (AvgIpc) is 2.54. The summed E-state index contributed by atoms with van der Waals surface area (Å²) in [5.41, 5.74) is 0.932. The van der Waals surface area contributed by atoms with Gasteiger partial charge in [0.2, 0.25) is 0 Å². The quantitative estimate of drug-likeness (QED) is 0.560. The Balaban J connectivity index is 2.27. The van der Waals surface area contributed by atoms with E-state index >= 15 is 0 Å². The van der Waals surface area contributed by atoms with Crippen molar-refractivity contribution >= 4 is 11.8 Å². The van der Waals surface area contributed by atoms with E-state index in [1.807, 2.05) is 0 Å². The molecular formula is C16H30S. The Hall–Kier alpha value is 0.350. The van der Waals surface area contributed by atoms with Crippen LogP contribution in [0.25, 0.3) is 0 Å². The van der Waals surface area contributed by atoms with Crippen LogP contribution in [0, 0.1) is 22.7 Å². The second-order valence-electron chi connectivity index (χ2n) is 8.30. The number of hydrogen-bond donors (Lipinski definition) is 0. The smallest absolute Gasteiger partial charge is 0.0135 e. The summed E-state index contributed by atoms with van der Waals surface area (Å²) in [4.78, 5) is 0. The van der Waals surface area contributed by atoms with Gasteiger partial charge < -0.3 is 0 Å². The minimum Gasteiger partial charge on any atom is -0.154 e. The van der Waals surface area contributed by atoms with Crippen molar-refractivity contribution in [3.05, 3.63) is 0 Å². The van der Waals surface area contributed by atoms with Crippen LogP contribution in [0.1, 0.15) is 67.2 Å². The molecule has 2 rings (SSSR count). The van der Waals surface area contributed by atoms with Gasteiger partial charge in [0.05, 0.1) is 0 Å². The first-order valence-electron chi connectivity index (χ1n) is 7.37. The molecule has 0 aromatic heterocycles. The molecule has 100 valence electrons. The van der Waals surface area contributed by atoms with Crippen LogP contribution in [-0.2, 0) is 0 Å². The van der Waals surface area contributed by atoms with E-state index in [0.29, 0.717) is 10.8 Å². The third-order valence-corrected chi connectivity index (χ3v) is 6.94. The van der Waals surface area contributed by atoms with E-state index in [1.165, 1.54) is 25.7 Å². The lowest BCUT2D eigenvalue weighted by Crippen LogP contribution is -2.39. The molecule has 0 N–H and O–H groups in total. The zero-order chi connectivity index (χ0) is 12.8. The van der Waals surface area contributed by atoms with Crippen molar-refractivity contribution in [2.24, 2.45) is 22.7 Å². The highest BCUT2D eigenvalue weighted by atomic mass is 32.2. The predicted octanol–water partition coefficient (Wildman–Crippen LogP) is 5.37. The molecule has 0 aromatic carbocycles. The summed E-state index contributed by atoms with van der Waals surface area (Å²) in [7, 11) is 0. The Bertz CT molecular complexity index is 268. The highest BCUT2D eigenvalue weighted by Gasteiger charge is 2.52. The van der Waals surface area contributed by atoms with Crippen molar-refractivity contribution in [3.8, 4) is 0 Å². The zero-order valence-electron chi connectivity index (χ0n) is 12.5. The van der Waals surface area contributed by atoms with Crippen LogP contribution in [0.4, 0.5) is 0 Å². The van der Waals surface area contributed by atoms with Gasteiger partial charge in [-0.15, -0.1) is 0 Å². The molecule has 1 heteroatoms. The molecule has 0 bridgehead atoms. The largest absolute Gasteiger partial charge is 0.154 e. The SMILES string of the molecule is CC(C)(C)C1SC2CCCCC2C1C(C)(C)C. The minimum absolute atomic E-state index is 0.458. The van der Waals surface area contributed by atoms with E-state index in [1.54, 1.807) is 0 Å². The van der Waals surface area contributed by atoms with Crippen LogP contribution in [0.3, 0.4) is 0 Å². The average molecular weight is 254 g/mol. The molecule has 2 aliphatic rings. The standard InChI is InChI=1S/C16H30S/c1-15(2,3)13-11-9-7-8-10-12(11)17-14(13)16(4,5)6/h11-14H,7-10H2,1-6H3. The molecule has 17 heavy (non-hydrogen) atoms. The number of thioether (sulfide) groups is 1. The molecule has 1 saturated heterocycles. The summed E-state index contributed by atoms with van der Waals surface area (Å²) in [5.74, 6) is 1.91. The third-order valence-electron chi connectivity index (χ3n) is 4.72. The van der Waals surface area contributed by atoms with Gasteiger partial charge in [0, 0.05) is 10.5 Å². The lowest BCUT2D eigenvalue weighted by Gasteiger charge is -2.42. The second-order valence-corrected chi connectivity index (χ2v) is 9.69. The van der Waals surface area contributed by atoms with E-state index in [4.69, 9.17) is 0 Å². The summed E-state index contributed by atoms with van der Waals surface area (Å²) in [6.45, 7) is 14.7. The maximum Gasteiger partial charge on any atom is 0.0135 e. The first-order valence-corrected chi connectivity index (χ1v) is 8.31. The van der Waals surface area contributed by atoms with Gasteiger partial charge in [-0.05, 0) is 35.5 Å². The summed E-state index contributed by atoms with van der Waals surface area (Å²) in [6, 6.07) is 0. The van der Waals surface area contributed by atoms with Crippen molar-refractivity contribution < 1.29 is 0 Å². The van der Waals surface area contributed by atoms with Gasteiger partial charge in [-0.25, -0.2) is 0 Å². The molecule has 4 unspecified atom stereocenters. The van der Waals surface area contributed by atoms with Crippen LogP contribution in [0.2, 0.25) is 0 Å². The molecule has 1 saturated carbocycles. The highest BCUT2D eigenvalue weighted by Crippen LogP contribution is 2.59. The van der Waals surface area contributed by atoms with Crippen LogP contribution < -0.4 is 0 Å². The topological polar surface area (TPSA) is 0 Å². The normalized spacial score (nSPS) is 39.2. The summed E-state index contributed by atoms with van der Waals surface area (Å²) in [6.07, 6.45) is 5.92. The van der Waals surface area contributed by atoms with E-state index < -0.39 is 0 Å². The Labute approximate surface area is 112 Å². The van der Waals surface area contributed by atoms with Crippen LogP contribution in [0.5, 0.6) is 0 Å². The van der Waals surface area contributed by atoms with Gasteiger partial charge in [0.25, 0.3) is 0 Å². The van der Waals surface area contributed by atoms with Gasteiger partial charge in [-0.3, -0.25) is 0 Å². The molecule has 1 aliphatic heterocycles. The van der Waals surface area contributed by atoms with Gasteiger partial charge in [-0.2, -0.15) is 11.8 Å². The second kappa shape index (κ2) is 4.47. The van der Waals surface area contributed by atoms with E-state index in [9.17, 15) is 0 Å². The van der Waals surface area contributed by atoms with E-state index in [2.05, 4.69) is 53.3 Å². The summed E-state index contributed by atoms with van der Waals surface area (Å²) in [5, 5.41) is 1.83. The maximum absolute atomic E-state index is 2.47. The first-order chi connectivity index (χ1) is 7.71. The number of fused-ring (bicyclic) bond motifs is 1. The van der Waals surface area contributed by atoms with Crippen molar-refractivity contribution in [2.75, 3.05) is 0 Å². The lowest BCUT2D eigenvalue weighted by atomic mass is 9.63. The number of hydrogen-bond acceptors (Lipinski definition) is 1. The maximum atomic E-state index is 2.47. The van der Waals surface area contributed by atoms with Crippen LogP contribution >= 0.6 is 11.8 Å². The molecule has 0 radical (unpaired) electrons. The van der Waals surface area contributed by atoms with Crippen LogP contribution in [-0.4, -0.2) is 10.5 Å². The van der Waals surface area contributed by atoms with Crippen molar-refractivity contribution in [1.29, 1.82) is 0 Å². The summed E-state index contributed by atoms with van der Waals surface area (Å²) < 4.78 is 0. The van der Waals surface area contributed by atoms with Gasteiger partial charge >= 0.3 is 0 Å². The highest BCUT2D eigenvalue weighted by molar-refractivity contribution is 8.00. The van der Waals surface area contributed by atoms with Crippen molar-refractivity contribution in [1.82, 2.24) is 0 Å². The van der Waals surface area contributed by atoms with Gasteiger partial charge in [0.1, 0.15) is 0 Å². The molecule has 0 spiro atoms. The Morgan fingerprint density at radius 2 is 1.41 bits per heavy atom. The fraction of sp³-hybridized carbons (Fsp3) is 1.00. The third kappa shape index (κ3) is 2.69. The van der Waals surface area contributed by atoms with E-state index in [-0.39, 0.29) is 0 Å². The Morgan fingerprint density at radius 1 is 0.824 bits per heavy atom. The molecule has 0 aromatic rings. The molecule has 0 nitrogen and oxygen atoms in total. The lowest BCUT2D eigenvalue weighted by molar-refractivity contribution is 0.108. The van der Waals surface area contributed by atoms with E-state index in [0.717, 1.165) is 22.3 Å². The van der Waals surface area contributed by atoms with Crippen molar-refractivity contribution in [2.45, 2.75) is 77.7 Å². The fourth-order valence-corrected chi connectivity index (χ4v) is 6.42. The van der Waals surface area contributed by atoms with Crippen molar-refractivity contribution in [3.63, 3.8) is 0 Å². The molecule has 1 aliphatic carbocycles. The van der Waals surface area contributed by atoms with Gasteiger partial charge in [-0.1, -0.05) is 54.4 Å². The number of rotatable bonds is 0. The zero-order valence-corrected chi connectivity index (χ0v) is 13.4. The van der Waals surface area contributed by atoms with Gasteiger partial charge in [0.15, 0.2) is 0 Å². The Kier molecular flexibility index (Phi) is 3.62. The molecule has 1 heterocycles. The molecule has 0 amide bonds. The minimum atomic E-state index is 0.458. The Morgan fingerprint density at radius 3 is 1.94 bits per heavy atom. The molecular weight excluding hydrogens is 224 g/mol. The summed E-state index contributed by atoms with van der Waals surface area (Å²) >= 11 is 2.34. The fourth-order valence-electron chi connectivity index (χ4n) is 4.04. The molecule has 4 atom stereocenters. The predicted molar refractivity (Wildman–Crippen MR) is 79.5 cm³/mol. The first kappa shape index (κ1) is 13.8.